The molecular weight excluding hydrogens is 484 g/mol. The Morgan fingerprint density at radius 1 is 1.03 bits per heavy atom. The second-order valence-corrected chi connectivity index (χ2v) is 12.4. The third kappa shape index (κ3) is 7.63. The Morgan fingerprint density at radius 3 is 2.32 bits per heavy atom. The van der Waals surface area contributed by atoms with E-state index in [-0.39, 0.29) is 16.8 Å². The number of piperidine rings is 1. The number of aryl methyl sites for hydroxylation is 1. The molecule has 0 aromatic heterocycles. The van der Waals surface area contributed by atoms with Gasteiger partial charge in [0.25, 0.3) is 0 Å². The van der Waals surface area contributed by atoms with Gasteiger partial charge in [-0.15, -0.1) is 0 Å². The summed E-state index contributed by atoms with van der Waals surface area (Å²) in [6.07, 6.45) is 5.65. The number of carbonyl (C=O) groups is 1. The predicted molar refractivity (Wildman–Crippen MR) is 148 cm³/mol. The van der Waals surface area contributed by atoms with E-state index in [1.165, 1.54) is 11.8 Å². The number of nitrogens with one attached hydrogen (secondary N) is 2. The van der Waals surface area contributed by atoms with Crippen LogP contribution in [0.2, 0.25) is 0 Å². The molecule has 2 atom stereocenters. The molecule has 2 aliphatic heterocycles. The average Bonchev–Trinajstić information content (AvgIpc) is 2.91. The van der Waals surface area contributed by atoms with E-state index < -0.39 is 9.84 Å². The van der Waals surface area contributed by atoms with Gasteiger partial charge in [-0.25, -0.2) is 8.42 Å². The van der Waals surface area contributed by atoms with Crippen molar-refractivity contribution in [2.75, 3.05) is 45.5 Å². The van der Waals surface area contributed by atoms with E-state index in [9.17, 15) is 13.2 Å². The molecule has 0 saturated carbocycles. The molecule has 2 aromatic carbocycles. The highest BCUT2D eigenvalue weighted by Gasteiger charge is 2.33. The molecule has 2 N–H and O–H groups in total. The lowest BCUT2D eigenvalue weighted by atomic mass is 9.93. The summed E-state index contributed by atoms with van der Waals surface area (Å²) in [4.78, 5) is 18.2. The Balaban J connectivity index is 1.35. The van der Waals surface area contributed by atoms with E-state index in [2.05, 4.69) is 52.8 Å². The van der Waals surface area contributed by atoms with Crippen LogP contribution in [0.5, 0.6) is 0 Å². The fourth-order valence-electron chi connectivity index (χ4n) is 5.84. The van der Waals surface area contributed by atoms with Gasteiger partial charge >= 0.3 is 0 Å². The van der Waals surface area contributed by atoms with Gasteiger partial charge in [0.1, 0.15) is 0 Å². The maximum Gasteiger partial charge on any atom is 0.227 e. The highest BCUT2D eigenvalue weighted by molar-refractivity contribution is 7.90. The van der Waals surface area contributed by atoms with Gasteiger partial charge in [0, 0.05) is 63.6 Å². The summed E-state index contributed by atoms with van der Waals surface area (Å²) in [5, 5.41) is 7.31. The zero-order valence-electron chi connectivity index (χ0n) is 22.2. The number of hydrogen-bond donors (Lipinski definition) is 2. The predicted octanol–water partition coefficient (Wildman–Crippen LogP) is 2.51. The van der Waals surface area contributed by atoms with Crippen molar-refractivity contribution < 1.29 is 13.2 Å². The van der Waals surface area contributed by atoms with Crippen LogP contribution in [0.1, 0.15) is 37.3 Å². The Hall–Kier alpha value is -2.26. The molecule has 4 rings (SSSR count). The van der Waals surface area contributed by atoms with Crippen molar-refractivity contribution in [3.05, 3.63) is 65.7 Å². The van der Waals surface area contributed by atoms with Gasteiger partial charge in [-0.1, -0.05) is 42.5 Å². The molecule has 0 bridgehead atoms. The molecule has 0 spiro atoms. The fourth-order valence-corrected chi connectivity index (χ4v) is 6.47. The number of nitrogens with zero attached hydrogens (tertiary/aromatic N) is 2. The van der Waals surface area contributed by atoms with Crippen molar-refractivity contribution in [2.45, 2.75) is 62.0 Å². The number of benzene rings is 2. The standard InChI is InChI=1S/C29H42N4O3S/c1-3-33(29(34)21-24-9-12-26(13-10-24)37(2,35)36)25-15-19-32(20-16-25)28(27-22-30-17-18-31-27)14-11-23-7-5-4-6-8-23/h4-10,12-13,25,27-28,30-31H,3,11,14-22H2,1-2H3. The Kier molecular flexibility index (Phi) is 9.76. The third-order valence-corrected chi connectivity index (χ3v) is 9.01. The van der Waals surface area contributed by atoms with Gasteiger partial charge in [0.05, 0.1) is 11.3 Å². The quantitative estimate of drug-likeness (QED) is 0.495. The molecule has 7 nitrogen and oxygen atoms in total. The first-order valence-electron chi connectivity index (χ1n) is 13.7. The van der Waals surface area contributed by atoms with E-state index >= 15 is 0 Å². The largest absolute Gasteiger partial charge is 0.340 e. The zero-order chi connectivity index (χ0) is 26.3. The number of likely N-dealkylation sites (tertiary alicyclic amines) is 1. The number of likely N-dealkylation sites (N-methyl/N-ethyl adjacent to an activating group) is 1. The monoisotopic (exact) mass is 526 g/mol. The molecule has 0 radical (unpaired) electrons. The molecule has 8 heteroatoms. The van der Waals surface area contributed by atoms with E-state index in [0.717, 1.165) is 64.0 Å². The molecule has 2 fully saturated rings. The molecular formula is C29H42N4O3S. The molecule has 2 heterocycles. The van der Waals surface area contributed by atoms with Crippen molar-refractivity contribution >= 4 is 15.7 Å². The van der Waals surface area contributed by atoms with Crippen molar-refractivity contribution in [3.63, 3.8) is 0 Å². The summed E-state index contributed by atoms with van der Waals surface area (Å²) in [6, 6.07) is 18.6. The summed E-state index contributed by atoms with van der Waals surface area (Å²) < 4.78 is 23.5. The SMILES string of the molecule is CCN(C(=O)Cc1ccc(S(C)(=O)=O)cc1)C1CCN(C(CCc2ccccc2)C2CNCCN2)CC1. The maximum atomic E-state index is 13.2. The lowest BCUT2D eigenvalue weighted by Gasteiger charge is -2.45. The Bertz CT molecular complexity index is 1090. The minimum absolute atomic E-state index is 0.117. The van der Waals surface area contributed by atoms with E-state index in [1.807, 2.05) is 4.90 Å². The highest BCUT2D eigenvalue weighted by Crippen LogP contribution is 2.23. The summed E-state index contributed by atoms with van der Waals surface area (Å²) in [5.74, 6) is 0.117. The smallest absolute Gasteiger partial charge is 0.227 e. The lowest BCUT2D eigenvalue weighted by Crippen LogP contribution is -2.61. The summed E-state index contributed by atoms with van der Waals surface area (Å²) in [5.41, 5.74) is 2.24. The van der Waals surface area contributed by atoms with Crippen molar-refractivity contribution in [2.24, 2.45) is 0 Å². The lowest BCUT2D eigenvalue weighted by molar-refractivity contribution is -0.133. The third-order valence-electron chi connectivity index (χ3n) is 7.89. The Morgan fingerprint density at radius 2 is 1.73 bits per heavy atom. The zero-order valence-corrected chi connectivity index (χ0v) is 23.1. The molecule has 0 aliphatic carbocycles. The van der Waals surface area contributed by atoms with Crippen LogP contribution in [0.4, 0.5) is 0 Å². The molecule has 1 amide bonds. The van der Waals surface area contributed by atoms with Crippen LogP contribution in [-0.2, 0) is 27.5 Å². The number of piperazine rings is 1. The summed E-state index contributed by atoms with van der Waals surface area (Å²) >= 11 is 0. The van der Waals surface area contributed by atoms with Crippen LogP contribution < -0.4 is 10.6 Å². The van der Waals surface area contributed by atoms with Gasteiger partial charge in [-0.05, 0) is 55.9 Å². The van der Waals surface area contributed by atoms with Gasteiger partial charge in [-0.3, -0.25) is 9.69 Å². The first-order chi connectivity index (χ1) is 17.8. The fraction of sp³-hybridized carbons (Fsp3) is 0.552. The van der Waals surface area contributed by atoms with Gasteiger partial charge < -0.3 is 15.5 Å². The molecule has 2 aliphatic rings. The molecule has 2 unspecified atom stereocenters. The van der Waals surface area contributed by atoms with Gasteiger partial charge in [0.15, 0.2) is 9.84 Å². The van der Waals surface area contributed by atoms with Crippen molar-refractivity contribution in [1.29, 1.82) is 0 Å². The van der Waals surface area contributed by atoms with Crippen molar-refractivity contribution in [1.82, 2.24) is 20.4 Å². The van der Waals surface area contributed by atoms with Crippen LogP contribution in [0.25, 0.3) is 0 Å². The average molecular weight is 527 g/mol. The van der Waals surface area contributed by atoms with Crippen LogP contribution in [-0.4, -0.2) is 87.8 Å². The number of sulfone groups is 1. The first kappa shape index (κ1) is 27.8. The number of rotatable bonds is 10. The van der Waals surface area contributed by atoms with Crippen LogP contribution in [0, 0.1) is 0 Å². The number of amides is 1. The van der Waals surface area contributed by atoms with Crippen LogP contribution in [0.3, 0.4) is 0 Å². The van der Waals surface area contributed by atoms with E-state index in [4.69, 9.17) is 0 Å². The minimum atomic E-state index is -3.24. The second kappa shape index (κ2) is 13.0. The van der Waals surface area contributed by atoms with E-state index in [0.29, 0.717) is 25.0 Å². The summed E-state index contributed by atoms with van der Waals surface area (Å²) in [7, 11) is -3.24. The topological polar surface area (TPSA) is 81.8 Å². The molecule has 2 saturated heterocycles. The molecule has 37 heavy (non-hydrogen) atoms. The first-order valence-corrected chi connectivity index (χ1v) is 15.5. The number of carbonyl (C=O) groups excluding carboxylic acids is 1. The van der Waals surface area contributed by atoms with Crippen LogP contribution >= 0.6 is 0 Å². The molecule has 2 aromatic rings. The minimum Gasteiger partial charge on any atom is -0.340 e. The van der Waals surface area contributed by atoms with E-state index in [1.54, 1.807) is 24.3 Å². The summed E-state index contributed by atoms with van der Waals surface area (Å²) in [6.45, 7) is 7.76. The van der Waals surface area contributed by atoms with Gasteiger partial charge in [0.2, 0.25) is 5.91 Å². The van der Waals surface area contributed by atoms with Crippen molar-refractivity contribution in [3.8, 4) is 0 Å². The van der Waals surface area contributed by atoms with Crippen LogP contribution in [0.15, 0.2) is 59.5 Å². The highest BCUT2D eigenvalue weighted by atomic mass is 32.2. The molecule has 202 valence electrons. The number of hydrogen-bond acceptors (Lipinski definition) is 6. The normalized spacial score (nSPS) is 20.4. The Labute approximate surface area is 222 Å². The maximum absolute atomic E-state index is 13.2. The van der Waals surface area contributed by atoms with Gasteiger partial charge in [-0.2, -0.15) is 0 Å². The second-order valence-electron chi connectivity index (χ2n) is 10.4.